The van der Waals surface area contributed by atoms with E-state index in [2.05, 4.69) is 22.4 Å². The maximum atomic E-state index is 12.7. The van der Waals surface area contributed by atoms with Gasteiger partial charge in [0.05, 0.1) is 12.5 Å². The summed E-state index contributed by atoms with van der Waals surface area (Å²) in [5, 5.41) is 12.7. The van der Waals surface area contributed by atoms with Crippen molar-refractivity contribution in [2.75, 3.05) is 25.0 Å². The second-order valence-corrected chi connectivity index (χ2v) is 6.11. The number of likely N-dealkylation sites (tertiary alicyclic amines) is 1. The van der Waals surface area contributed by atoms with E-state index in [1.807, 2.05) is 4.90 Å². The van der Waals surface area contributed by atoms with Crippen LogP contribution in [-0.2, 0) is 6.54 Å². The number of nitrogens with zero attached hydrogens (tertiary/aromatic N) is 3. The number of alkyl halides is 3. The Balaban J connectivity index is 1.87. The van der Waals surface area contributed by atoms with Crippen LogP contribution in [0.2, 0.25) is 0 Å². The van der Waals surface area contributed by atoms with Crippen molar-refractivity contribution in [1.82, 2.24) is 15.1 Å². The Morgan fingerprint density at radius 2 is 2.20 bits per heavy atom. The topological polar surface area (TPSA) is 41.1 Å². The summed E-state index contributed by atoms with van der Waals surface area (Å²) in [5.41, 5.74) is 0. The molecule has 1 saturated heterocycles. The molecule has 1 aliphatic rings. The highest BCUT2D eigenvalue weighted by Crippen LogP contribution is 2.33. The van der Waals surface area contributed by atoms with Gasteiger partial charge < -0.3 is 5.32 Å². The molecule has 2 rings (SSSR count). The Morgan fingerprint density at radius 3 is 2.90 bits per heavy atom. The molecule has 1 fully saturated rings. The van der Waals surface area contributed by atoms with Gasteiger partial charge in [-0.3, -0.25) is 4.90 Å². The zero-order valence-electron chi connectivity index (χ0n) is 11.4. The molecule has 0 aromatic carbocycles. The van der Waals surface area contributed by atoms with Crippen molar-refractivity contribution in [1.29, 1.82) is 0 Å². The number of hydrogen-bond acceptors (Lipinski definition) is 5. The highest BCUT2D eigenvalue weighted by Gasteiger charge is 2.41. The van der Waals surface area contributed by atoms with Crippen LogP contribution in [0.3, 0.4) is 0 Å². The Kier molecular flexibility index (Phi) is 5.20. The molecule has 1 aliphatic heterocycles. The summed E-state index contributed by atoms with van der Waals surface area (Å²) < 4.78 is 38.2. The summed E-state index contributed by atoms with van der Waals surface area (Å²) >= 11 is 1.42. The maximum absolute atomic E-state index is 12.7. The maximum Gasteiger partial charge on any atom is 0.393 e. The van der Waals surface area contributed by atoms with Gasteiger partial charge in [-0.25, -0.2) is 0 Å². The van der Waals surface area contributed by atoms with Crippen molar-refractivity contribution in [3.63, 3.8) is 0 Å². The number of anilines is 1. The van der Waals surface area contributed by atoms with Crippen molar-refractivity contribution < 1.29 is 13.2 Å². The Bertz CT molecular complexity index is 421. The summed E-state index contributed by atoms with van der Waals surface area (Å²) in [5.74, 6) is -1.21. The van der Waals surface area contributed by atoms with Crippen LogP contribution in [0.15, 0.2) is 0 Å². The molecule has 0 bridgehead atoms. The van der Waals surface area contributed by atoms with Gasteiger partial charge in [-0.15, -0.1) is 10.2 Å². The Labute approximate surface area is 120 Å². The molecule has 1 aromatic rings. The molecule has 0 saturated carbocycles. The fourth-order valence-electron chi connectivity index (χ4n) is 2.28. The third-order valence-electron chi connectivity index (χ3n) is 3.32. The van der Waals surface area contributed by atoms with Crippen molar-refractivity contribution in [2.45, 2.75) is 38.9 Å². The van der Waals surface area contributed by atoms with E-state index in [9.17, 15) is 13.2 Å². The quantitative estimate of drug-likeness (QED) is 0.907. The van der Waals surface area contributed by atoms with Crippen molar-refractivity contribution in [3.05, 3.63) is 5.01 Å². The van der Waals surface area contributed by atoms with Crippen LogP contribution in [0.1, 0.15) is 31.2 Å². The zero-order valence-corrected chi connectivity index (χ0v) is 12.2. The number of aromatic nitrogens is 2. The molecule has 0 amide bonds. The molecule has 114 valence electrons. The number of halogens is 3. The lowest BCUT2D eigenvalue weighted by molar-refractivity contribution is -0.187. The molecule has 1 unspecified atom stereocenters. The van der Waals surface area contributed by atoms with Crippen LogP contribution in [-0.4, -0.2) is 40.9 Å². The number of rotatable bonds is 5. The Hall–Kier alpha value is -0.890. The predicted molar refractivity (Wildman–Crippen MR) is 72.7 cm³/mol. The molecule has 1 N–H and O–H groups in total. The van der Waals surface area contributed by atoms with E-state index < -0.39 is 12.1 Å². The minimum atomic E-state index is -4.09. The molecule has 1 aromatic heterocycles. The number of piperidine rings is 1. The van der Waals surface area contributed by atoms with Gasteiger partial charge in [-0.05, 0) is 25.8 Å². The van der Waals surface area contributed by atoms with Crippen LogP contribution in [0.4, 0.5) is 18.3 Å². The van der Waals surface area contributed by atoms with E-state index in [1.54, 1.807) is 0 Å². The fraction of sp³-hybridized carbons (Fsp3) is 0.833. The third-order valence-corrected chi connectivity index (χ3v) is 4.19. The van der Waals surface area contributed by atoms with Gasteiger partial charge in [0.25, 0.3) is 0 Å². The average Bonchev–Trinajstić information content (AvgIpc) is 2.83. The average molecular weight is 308 g/mol. The second-order valence-electron chi connectivity index (χ2n) is 5.04. The van der Waals surface area contributed by atoms with Gasteiger partial charge in [0, 0.05) is 13.1 Å². The molecular weight excluding hydrogens is 289 g/mol. The molecular formula is C12H19F3N4S. The summed E-state index contributed by atoms with van der Waals surface area (Å²) in [6.07, 6.45) is -2.27. The van der Waals surface area contributed by atoms with E-state index in [1.165, 1.54) is 11.3 Å². The van der Waals surface area contributed by atoms with Gasteiger partial charge in [-0.1, -0.05) is 18.3 Å². The van der Waals surface area contributed by atoms with E-state index in [0.717, 1.165) is 23.1 Å². The fourth-order valence-corrected chi connectivity index (χ4v) is 3.09. The van der Waals surface area contributed by atoms with E-state index >= 15 is 0 Å². The second kappa shape index (κ2) is 6.71. The van der Waals surface area contributed by atoms with Crippen LogP contribution in [0.25, 0.3) is 0 Å². The van der Waals surface area contributed by atoms with Crippen LogP contribution >= 0.6 is 11.3 Å². The molecule has 4 nitrogen and oxygen atoms in total. The van der Waals surface area contributed by atoms with Gasteiger partial charge in [0.1, 0.15) is 5.01 Å². The molecule has 0 spiro atoms. The van der Waals surface area contributed by atoms with Crippen LogP contribution < -0.4 is 5.32 Å². The Morgan fingerprint density at radius 1 is 1.40 bits per heavy atom. The standard InChI is InChI=1S/C12H19F3N4S/c1-2-5-16-11-18-17-10(20-11)8-19-6-3-4-9(7-19)12(13,14)15/h9H,2-8H2,1H3,(H,16,18). The van der Waals surface area contributed by atoms with Gasteiger partial charge in [0.15, 0.2) is 0 Å². The molecule has 0 aliphatic carbocycles. The summed E-state index contributed by atoms with van der Waals surface area (Å²) in [4.78, 5) is 1.83. The van der Waals surface area contributed by atoms with Crippen molar-refractivity contribution in [2.24, 2.45) is 5.92 Å². The lowest BCUT2D eigenvalue weighted by Crippen LogP contribution is -2.41. The highest BCUT2D eigenvalue weighted by atomic mass is 32.1. The lowest BCUT2D eigenvalue weighted by atomic mass is 9.98. The van der Waals surface area contributed by atoms with Gasteiger partial charge in [0.2, 0.25) is 5.13 Å². The minimum Gasteiger partial charge on any atom is -0.360 e. The third kappa shape index (κ3) is 4.31. The molecule has 20 heavy (non-hydrogen) atoms. The molecule has 8 heteroatoms. The number of nitrogens with one attached hydrogen (secondary N) is 1. The van der Waals surface area contributed by atoms with Gasteiger partial charge in [-0.2, -0.15) is 13.2 Å². The zero-order chi connectivity index (χ0) is 14.6. The smallest absolute Gasteiger partial charge is 0.360 e. The summed E-state index contributed by atoms with van der Waals surface area (Å²) in [6, 6.07) is 0. The first-order valence-electron chi connectivity index (χ1n) is 6.84. The van der Waals surface area contributed by atoms with Crippen LogP contribution in [0.5, 0.6) is 0 Å². The highest BCUT2D eigenvalue weighted by molar-refractivity contribution is 7.15. The van der Waals surface area contributed by atoms with E-state index in [0.29, 0.717) is 19.5 Å². The van der Waals surface area contributed by atoms with Crippen molar-refractivity contribution in [3.8, 4) is 0 Å². The van der Waals surface area contributed by atoms with Gasteiger partial charge >= 0.3 is 6.18 Å². The first-order valence-corrected chi connectivity index (χ1v) is 7.66. The molecule has 1 atom stereocenters. The molecule has 2 heterocycles. The molecule has 0 radical (unpaired) electrons. The monoisotopic (exact) mass is 308 g/mol. The lowest BCUT2D eigenvalue weighted by Gasteiger charge is -2.32. The first kappa shape index (κ1) is 15.5. The van der Waals surface area contributed by atoms with Crippen LogP contribution in [0, 0.1) is 5.92 Å². The SMILES string of the molecule is CCCNc1nnc(CN2CCCC(C(F)(F)F)C2)s1. The van der Waals surface area contributed by atoms with Crippen molar-refractivity contribution >= 4 is 16.5 Å². The minimum absolute atomic E-state index is 0.0702. The predicted octanol–water partition coefficient (Wildman–Crippen LogP) is 3.13. The first-order chi connectivity index (χ1) is 9.49. The van der Waals surface area contributed by atoms with E-state index in [4.69, 9.17) is 0 Å². The summed E-state index contributed by atoms with van der Waals surface area (Å²) in [6.45, 7) is 4.11. The normalized spacial score (nSPS) is 21.1. The number of hydrogen-bond donors (Lipinski definition) is 1. The summed E-state index contributed by atoms with van der Waals surface area (Å²) in [7, 11) is 0. The van der Waals surface area contributed by atoms with E-state index in [-0.39, 0.29) is 13.0 Å². The largest absolute Gasteiger partial charge is 0.393 e.